The van der Waals surface area contributed by atoms with Crippen molar-refractivity contribution < 1.29 is 9.13 Å². The Bertz CT molecular complexity index is 462. The topological polar surface area (TPSA) is 21.3 Å². The molecule has 112 valence electrons. The average Bonchev–Trinajstić information content (AvgIpc) is 2.46. The van der Waals surface area contributed by atoms with Gasteiger partial charge in [-0.3, -0.25) is 0 Å². The summed E-state index contributed by atoms with van der Waals surface area (Å²) in [6.45, 7) is 6.68. The third-order valence-electron chi connectivity index (χ3n) is 4.66. The van der Waals surface area contributed by atoms with Gasteiger partial charge < -0.3 is 10.1 Å². The maximum absolute atomic E-state index is 13.5. The molecule has 0 amide bonds. The molecule has 1 aliphatic rings. The highest BCUT2D eigenvalue weighted by Gasteiger charge is 2.40. The predicted octanol–water partition coefficient (Wildman–Crippen LogP) is 4.45. The lowest BCUT2D eigenvalue weighted by Crippen LogP contribution is -2.44. The largest absolute Gasteiger partial charge is 0.487 e. The summed E-state index contributed by atoms with van der Waals surface area (Å²) in [5, 5.41) is 3.32. The second-order valence-corrected chi connectivity index (χ2v) is 6.08. The third kappa shape index (κ3) is 2.98. The van der Waals surface area contributed by atoms with Crippen molar-refractivity contribution >= 4 is 0 Å². The number of rotatable bonds is 5. The lowest BCUT2D eigenvalue weighted by atomic mass is 9.79. The molecule has 0 aromatic heterocycles. The Labute approximate surface area is 121 Å². The lowest BCUT2D eigenvalue weighted by Gasteiger charge is -2.43. The number of benzene rings is 1. The van der Waals surface area contributed by atoms with Crippen molar-refractivity contribution in [2.75, 3.05) is 7.05 Å². The maximum Gasteiger partial charge on any atom is 0.125 e. The van der Waals surface area contributed by atoms with Crippen LogP contribution in [0.3, 0.4) is 0 Å². The molecule has 0 radical (unpaired) electrons. The molecule has 1 aliphatic heterocycles. The molecule has 3 heteroatoms. The standard InChI is InChI=1S/C17H26FNO/c1-5-12(3)10-17(6-2)11-15(19-4)14-9-13(18)7-8-16(14)20-17/h7-9,12,15,19H,5-6,10-11H2,1-4H3. The summed E-state index contributed by atoms with van der Waals surface area (Å²) in [5.41, 5.74) is 0.814. The van der Waals surface area contributed by atoms with Gasteiger partial charge in [0.2, 0.25) is 0 Å². The zero-order valence-electron chi connectivity index (χ0n) is 13.0. The van der Waals surface area contributed by atoms with Crippen LogP contribution in [0.15, 0.2) is 18.2 Å². The van der Waals surface area contributed by atoms with Gasteiger partial charge in [-0.05, 0) is 44.0 Å². The van der Waals surface area contributed by atoms with E-state index < -0.39 is 0 Å². The van der Waals surface area contributed by atoms with Crippen molar-refractivity contribution in [3.8, 4) is 5.75 Å². The first-order valence-electron chi connectivity index (χ1n) is 7.69. The molecule has 1 heterocycles. The number of fused-ring (bicyclic) bond motifs is 1. The van der Waals surface area contributed by atoms with Crippen LogP contribution in [0.25, 0.3) is 0 Å². The molecule has 2 rings (SSSR count). The summed E-state index contributed by atoms with van der Waals surface area (Å²) in [4.78, 5) is 0. The molecule has 1 aromatic carbocycles. The first-order valence-corrected chi connectivity index (χ1v) is 7.69. The zero-order valence-corrected chi connectivity index (χ0v) is 13.0. The van der Waals surface area contributed by atoms with E-state index in [2.05, 4.69) is 26.1 Å². The van der Waals surface area contributed by atoms with Gasteiger partial charge in [0.25, 0.3) is 0 Å². The first-order chi connectivity index (χ1) is 9.53. The minimum atomic E-state index is -0.196. The smallest absolute Gasteiger partial charge is 0.125 e. The van der Waals surface area contributed by atoms with Crippen LogP contribution in [-0.2, 0) is 0 Å². The molecule has 0 aliphatic carbocycles. The number of ether oxygens (including phenoxy) is 1. The normalized spacial score (nSPS) is 26.8. The van der Waals surface area contributed by atoms with Crippen molar-refractivity contribution in [2.45, 2.75) is 58.1 Å². The van der Waals surface area contributed by atoms with E-state index in [1.54, 1.807) is 12.1 Å². The van der Waals surface area contributed by atoms with Crippen LogP contribution in [0.4, 0.5) is 4.39 Å². The predicted molar refractivity (Wildman–Crippen MR) is 80.5 cm³/mol. The molecule has 2 nitrogen and oxygen atoms in total. The Morgan fingerprint density at radius 2 is 2.20 bits per heavy atom. The minimum absolute atomic E-state index is 0.131. The zero-order chi connectivity index (χ0) is 14.8. The van der Waals surface area contributed by atoms with Crippen LogP contribution >= 0.6 is 0 Å². The molecule has 0 bridgehead atoms. The molecule has 0 saturated heterocycles. The lowest BCUT2D eigenvalue weighted by molar-refractivity contribution is 0.00637. The SMILES string of the molecule is CCC(C)CC1(CC)CC(NC)c2cc(F)ccc2O1. The van der Waals surface area contributed by atoms with Crippen LogP contribution in [0.1, 0.15) is 58.1 Å². The molecule has 3 atom stereocenters. The number of halogens is 1. The van der Waals surface area contributed by atoms with E-state index >= 15 is 0 Å². The van der Waals surface area contributed by atoms with E-state index in [1.807, 2.05) is 7.05 Å². The number of hydrogen-bond donors (Lipinski definition) is 1. The van der Waals surface area contributed by atoms with E-state index in [9.17, 15) is 4.39 Å². The van der Waals surface area contributed by atoms with Crippen molar-refractivity contribution in [3.05, 3.63) is 29.6 Å². The van der Waals surface area contributed by atoms with Crippen LogP contribution in [0.2, 0.25) is 0 Å². The Morgan fingerprint density at radius 3 is 2.80 bits per heavy atom. The highest BCUT2D eigenvalue weighted by molar-refractivity contribution is 5.39. The van der Waals surface area contributed by atoms with Crippen molar-refractivity contribution in [1.29, 1.82) is 0 Å². The fourth-order valence-electron chi connectivity index (χ4n) is 3.16. The van der Waals surface area contributed by atoms with Gasteiger partial charge in [-0.2, -0.15) is 0 Å². The molecular weight excluding hydrogens is 253 g/mol. The number of nitrogens with one attached hydrogen (secondary N) is 1. The summed E-state index contributed by atoms with van der Waals surface area (Å²) in [5.74, 6) is 1.27. The Kier molecular flexibility index (Phi) is 4.69. The molecule has 20 heavy (non-hydrogen) atoms. The molecule has 0 fully saturated rings. The summed E-state index contributed by atoms with van der Waals surface area (Å²) in [7, 11) is 1.94. The number of hydrogen-bond acceptors (Lipinski definition) is 2. The van der Waals surface area contributed by atoms with E-state index in [1.165, 1.54) is 6.07 Å². The molecular formula is C17H26FNO. The van der Waals surface area contributed by atoms with E-state index in [4.69, 9.17) is 4.74 Å². The molecule has 3 unspecified atom stereocenters. The van der Waals surface area contributed by atoms with Gasteiger partial charge in [0.1, 0.15) is 17.2 Å². The van der Waals surface area contributed by atoms with E-state index in [-0.39, 0.29) is 17.5 Å². The monoisotopic (exact) mass is 279 g/mol. The van der Waals surface area contributed by atoms with Gasteiger partial charge in [-0.1, -0.05) is 27.2 Å². The Hall–Kier alpha value is -1.09. The second-order valence-electron chi connectivity index (χ2n) is 6.08. The summed E-state index contributed by atoms with van der Waals surface area (Å²) in [6, 6.07) is 5.02. The van der Waals surface area contributed by atoms with Gasteiger partial charge in [0.15, 0.2) is 0 Å². The van der Waals surface area contributed by atoms with Crippen LogP contribution in [0, 0.1) is 11.7 Å². The molecule has 1 N–H and O–H groups in total. The third-order valence-corrected chi connectivity index (χ3v) is 4.66. The van der Waals surface area contributed by atoms with E-state index in [0.717, 1.165) is 37.0 Å². The van der Waals surface area contributed by atoms with Gasteiger partial charge >= 0.3 is 0 Å². The quantitative estimate of drug-likeness (QED) is 0.859. The van der Waals surface area contributed by atoms with Crippen LogP contribution in [0.5, 0.6) is 5.75 Å². The fraction of sp³-hybridized carbons (Fsp3) is 0.647. The van der Waals surface area contributed by atoms with Crippen molar-refractivity contribution in [3.63, 3.8) is 0 Å². The summed E-state index contributed by atoms with van der Waals surface area (Å²) in [6.07, 6.45) is 4.09. The molecule has 1 aromatic rings. The highest BCUT2D eigenvalue weighted by atomic mass is 19.1. The van der Waals surface area contributed by atoms with Gasteiger partial charge in [-0.15, -0.1) is 0 Å². The van der Waals surface area contributed by atoms with Crippen molar-refractivity contribution in [2.24, 2.45) is 5.92 Å². The molecule has 0 spiro atoms. The average molecular weight is 279 g/mol. The van der Waals surface area contributed by atoms with Crippen LogP contribution < -0.4 is 10.1 Å². The van der Waals surface area contributed by atoms with Gasteiger partial charge in [0, 0.05) is 18.0 Å². The summed E-state index contributed by atoms with van der Waals surface area (Å²) < 4.78 is 19.8. The fourth-order valence-corrected chi connectivity index (χ4v) is 3.16. The van der Waals surface area contributed by atoms with E-state index in [0.29, 0.717) is 5.92 Å². The van der Waals surface area contributed by atoms with Gasteiger partial charge in [0.05, 0.1) is 0 Å². The Morgan fingerprint density at radius 1 is 1.45 bits per heavy atom. The van der Waals surface area contributed by atoms with Gasteiger partial charge in [-0.25, -0.2) is 4.39 Å². The second kappa shape index (κ2) is 6.13. The summed E-state index contributed by atoms with van der Waals surface area (Å²) >= 11 is 0. The minimum Gasteiger partial charge on any atom is -0.487 e. The van der Waals surface area contributed by atoms with Crippen molar-refractivity contribution in [1.82, 2.24) is 5.32 Å². The molecule has 0 saturated carbocycles. The first kappa shape index (κ1) is 15.3. The van der Waals surface area contributed by atoms with Crippen LogP contribution in [-0.4, -0.2) is 12.6 Å². The highest BCUT2D eigenvalue weighted by Crippen LogP contribution is 2.44. The Balaban J connectivity index is 2.33. The maximum atomic E-state index is 13.5.